The Morgan fingerprint density at radius 1 is 1.15 bits per heavy atom. The van der Waals surface area contributed by atoms with E-state index < -0.39 is 6.36 Å². The number of ether oxygens (including phenoxy) is 1. The number of amides is 1. The summed E-state index contributed by atoms with van der Waals surface area (Å²) in [4.78, 5) is 17.2. The molecule has 0 radical (unpaired) electrons. The summed E-state index contributed by atoms with van der Waals surface area (Å²) >= 11 is 0. The molecule has 1 fully saturated rings. The number of hydrogen-bond donors (Lipinski definition) is 1. The SMILES string of the molecule is Cc1cc(CN(C)C(C)C2CCNCC2)cc2c1C(=O)N(Cc1ccc(OC(F)(F)F)cc1)C2. The quantitative estimate of drug-likeness (QED) is 0.621. The smallest absolute Gasteiger partial charge is 0.406 e. The number of aryl methyl sites for hydroxylation is 1. The highest BCUT2D eigenvalue weighted by atomic mass is 19.4. The Bertz CT molecular complexity index is 1020. The predicted molar refractivity (Wildman–Crippen MR) is 124 cm³/mol. The van der Waals surface area contributed by atoms with Gasteiger partial charge in [-0.25, -0.2) is 0 Å². The fourth-order valence-electron chi connectivity index (χ4n) is 5.16. The number of rotatable bonds is 7. The molecule has 1 unspecified atom stereocenters. The van der Waals surface area contributed by atoms with Gasteiger partial charge in [-0.2, -0.15) is 0 Å². The lowest BCUT2D eigenvalue weighted by molar-refractivity contribution is -0.274. The molecular weight excluding hydrogens is 443 g/mol. The van der Waals surface area contributed by atoms with Crippen molar-refractivity contribution in [2.75, 3.05) is 20.1 Å². The van der Waals surface area contributed by atoms with Gasteiger partial charge >= 0.3 is 6.36 Å². The molecule has 2 aromatic rings. The summed E-state index contributed by atoms with van der Waals surface area (Å²) in [6, 6.07) is 10.4. The maximum absolute atomic E-state index is 13.1. The van der Waals surface area contributed by atoms with Crippen LogP contribution in [0.15, 0.2) is 36.4 Å². The minimum Gasteiger partial charge on any atom is -0.406 e. The summed E-state index contributed by atoms with van der Waals surface area (Å²) in [5.41, 5.74) is 4.68. The van der Waals surface area contributed by atoms with Crippen molar-refractivity contribution in [1.29, 1.82) is 0 Å². The first-order chi connectivity index (χ1) is 16.1. The van der Waals surface area contributed by atoms with E-state index in [2.05, 4.69) is 41.1 Å². The van der Waals surface area contributed by atoms with E-state index in [1.165, 1.54) is 30.5 Å². The molecular formula is C26H32F3N3O2. The molecule has 184 valence electrons. The predicted octanol–water partition coefficient (Wildman–Crippen LogP) is 4.87. The van der Waals surface area contributed by atoms with Gasteiger partial charge in [0.15, 0.2) is 0 Å². The van der Waals surface area contributed by atoms with Gasteiger partial charge in [-0.3, -0.25) is 9.69 Å². The molecule has 2 heterocycles. The van der Waals surface area contributed by atoms with Crippen molar-refractivity contribution in [2.45, 2.75) is 58.7 Å². The molecule has 0 aliphatic carbocycles. The molecule has 0 aromatic heterocycles. The van der Waals surface area contributed by atoms with Crippen LogP contribution < -0.4 is 10.1 Å². The van der Waals surface area contributed by atoms with Crippen LogP contribution in [-0.2, 0) is 19.6 Å². The summed E-state index contributed by atoms with van der Waals surface area (Å²) < 4.78 is 41.1. The highest BCUT2D eigenvalue weighted by Crippen LogP contribution is 2.30. The molecule has 1 saturated heterocycles. The minimum atomic E-state index is -4.72. The molecule has 8 heteroatoms. The fourth-order valence-corrected chi connectivity index (χ4v) is 5.16. The third-order valence-electron chi connectivity index (χ3n) is 7.06. The Hall–Kier alpha value is -2.58. The van der Waals surface area contributed by atoms with Crippen molar-refractivity contribution in [1.82, 2.24) is 15.1 Å². The van der Waals surface area contributed by atoms with Crippen molar-refractivity contribution < 1.29 is 22.7 Å². The monoisotopic (exact) mass is 475 g/mol. The summed E-state index contributed by atoms with van der Waals surface area (Å²) in [7, 11) is 2.17. The molecule has 0 spiro atoms. The first-order valence-electron chi connectivity index (χ1n) is 11.8. The number of fused-ring (bicyclic) bond motifs is 1. The van der Waals surface area contributed by atoms with E-state index in [9.17, 15) is 18.0 Å². The molecule has 5 nitrogen and oxygen atoms in total. The second kappa shape index (κ2) is 9.96. The molecule has 1 N–H and O–H groups in total. The zero-order valence-corrected chi connectivity index (χ0v) is 19.9. The molecule has 2 aliphatic rings. The lowest BCUT2D eigenvalue weighted by atomic mass is 9.90. The number of halogens is 3. The minimum absolute atomic E-state index is 0.0360. The molecule has 2 aliphatic heterocycles. The number of piperidine rings is 1. The molecule has 0 bridgehead atoms. The summed E-state index contributed by atoms with van der Waals surface area (Å²) in [5.74, 6) is 0.383. The number of benzene rings is 2. The van der Waals surface area contributed by atoms with E-state index in [0.29, 0.717) is 25.0 Å². The molecule has 1 atom stereocenters. The van der Waals surface area contributed by atoms with Crippen LogP contribution in [0.5, 0.6) is 5.75 Å². The number of hydrogen-bond acceptors (Lipinski definition) is 4. The van der Waals surface area contributed by atoms with E-state index in [1.807, 2.05) is 6.92 Å². The van der Waals surface area contributed by atoms with Gasteiger partial charge in [0.2, 0.25) is 0 Å². The Morgan fingerprint density at radius 2 is 1.82 bits per heavy atom. The number of nitrogens with one attached hydrogen (secondary N) is 1. The van der Waals surface area contributed by atoms with Gasteiger partial charge in [0.1, 0.15) is 5.75 Å². The van der Waals surface area contributed by atoms with Crippen molar-refractivity contribution in [3.05, 3.63) is 64.2 Å². The highest BCUT2D eigenvalue weighted by molar-refractivity contribution is 5.99. The molecule has 0 saturated carbocycles. The van der Waals surface area contributed by atoms with Crippen molar-refractivity contribution in [2.24, 2.45) is 5.92 Å². The topological polar surface area (TPSA) is 44.8 Å². The summed E-state index contributed by atoms with van der Waals surface area (Å²) in [6.45, 7) is 8.09. The van der Waals surface area contributed by atoms with Crippen LogP contribution in [0, 0.1) is 12.8 Å². The van der Waals surface area contributed by atoms with Gasteiger partial charge in [-0.05, 0) is 87.1 Å². The van der Waals surface area contributed by atoms with Crippen molar-refractivity contribution >= 4 is 5.91 Å². The normalized spacial score (nSPS) is 17.9. The average Bonchev–Trinajstić information content (AvgIpc) is 3.09. The largest absolute Gasteiger partial charge is 0.573 e. The first-order valence-corrected chi connectivity index (χ1v) is 11.8. The Balaban J connectivity index is 1.41. The van der Waals surface area contributed by atoms with Crippen LogP contribution in [0.4, 0.5) is 13.2 Å². The average molecular weight is 476 g/mol. The second-order valence-electron chi connectivity index (χ2n) is 9.54. The molecule has 4 rings (SSSR count). The lowest BCUT2D eigenvalue weighted by Gasteiger charge is -2.34. The van der Waals surface area contributed by atoms with E-state index >= 15 is 0 Å². The third kappa shape index (κ3) is 5.73. The van der Waals surface area contributed by atoms with Crippen molar-refractivity contribution in [3.8, 4) is 5.75 Å². The summed E-state index contributed by atoms with van der Waals surface area (Å²) in [6.07, 6.45) is -2.33. The van der Waals surface area contributed by atoms with Gasteiger partial charge in [0.25, 0.3) is 5.91 Å². The van der Waals surface area contributed by atoms with Crippen LogP contribution in [0.1, 0.15) is 52.4 Å². The molecule has 34 heavy (non-hydrogen) atoms. The second-order valence-corrected chi connectivity index (χ2v) is 9.54. The maximum atomic E-state index is 13.1. The van der Waals surface area contributed by atoms with Gasteiger partial charge in [0, 0.05) is 31.2 Å². The van der Waals surface area contributed by atoms with Gasteiger partial charge in [-0.1, -0.05) is 24.3 Å². The maximum Gasteiger partial charge on any atom is 0.573 e. The van der Waals surface area contributed by atoms with Crippen LogP contribution in [0.3, 0.4) is 0 Å². The van der Waals surface area contributed by atoms with Crippen LogP contribution in [0.2, 0.25) is 0 Å². The Labute approximate surface area is 198 Å². The first kappa shape index (κ1) is 24.5. The number of alkyl halides is 3. The molecule has 2 aromatic carbocycles. The fraction of sp³-hybridized carbons (Fsp3) is 0.500. The van der Waals surface area contributed by atoms with Gasteiger partial charge < -0.3 is 15.0 Å². The lowest BCUT2D eigenvalue weighted by Crippen LogP contribution is -2.40. The third-order valence-corrected chi connectivity index (χ3v) is 7.06. The van der Waals surface area contributed by atoms with E-state index in [0.717, 1.165) is 41.9 Å². The number of carbonyl (C=O) groups excluding carboxylic acids is 1. The van der Waals surface area contributed by atoms with Gasteiger partial charge in [-0.15, -0.1) is 13.2 Å². The molecule has 1 amide bonds. The van der Waals surface area contributed by atoms with Crippen LogP contribution in [0.25, 0.3) is 0 Å². The standard InChI is InChI=1S/C26H32F3N3O2/c1-17-12-20(14-31(3)18(2)21-8-10-30-11-9-21)13-22-16-32(25(33)24(17)22)15-19-4-6-23(7-5-19)34-26(27,28)29/h4-7,12-13,18,21,30H,8-11,14-16H2,1-3H3. The summed E-state index contributed by atoms with van der Waals surface area (Å²) in [5, 5.41) is 3.42. The number of carbonyl (C=O) groups is 1. The highest BCUT2D eigenvalue weighted by Gasteiger charge is 2.32. The zero-order valence-electron chi connectivity index (χ0n) is 19.9. The van der Waals surface area contributed by atoms with Crippen LogP contribution >= 0.6 is 0 Å². The Kier molecular flexibility index (Phi) is 7.19. The Morgan fingerprint density at radius 3 is 2.47 bits per heavy atom. The van der Waals surface area contributed by atoms with E-state index in [1.54, 1.807) is 17.0 Å². The number of nitrogens with zero attached hydrogens (tertiary/aromatic N) is 2. The van der Waals surface area contributed by atoms with E-state index in [-0.39, 0.29) is 11.7 Å². The van der Waals surface area contributed by atoms with Crippen LogP contribution in [-0.4, -0.2) is 48.2 Å². The van der Waals surface area contributed by atoms with Gasteiger partial charge in [0.05, 0.1) is 0 Å². The van der Waals surface area contributed by atoms with E-state index in [4.69, 9.17) is 0 Å². The van der Waals surface area contributed by atoms with Crippen molar-refractivity contribution in [3.63, 3.8) is 0 Å². The zero-order chi connectivity index (χ0) is 24.5.